The third kappa shape index (κ3) is 5.41. The smallest absolute Gasteiger partial charge is 0.426 e. The first kappa shape index (κ1) is 24.0. The number of methoxy groups -OCH3 is 2. The van der Waals surface area contributed by atoms with Crippen LogP contribution in [-0.4, -0.2) is 61.5 Å². The van der Waals surface area contributed by atoms with Crippen molar-refractivity contribution in [3.8, 4) is 0 Å². The third-order valence-electron chi connectivity index (χ3n) is 7.37. The summed E-state index contributed by atoms with van der Waals surface area (Å²) in [5.74, 6) is -0.391. The first-order valence-electron chi connectivity index (χ1n) is 11.2. The molecule has 9 heteroatoms. The van der Waals surface area contributed by atoms with Crippen LogP contribution < -0.4 is 16.8 Å². The van der Waals surface area contributed by atoms with Crippen LogP contribution in [0.3, 0.4) is 0 Å². The molecule has 0 spiro atoms. The number of aliphatic imine (C=N–C) groups is 1. The van der Waals surface area contributed by atoms with Crippen molar-refractivity contribution < 1.29 is 19.5 Å². The highest BCUT2D eigenvalue weighted by atomic mass is 16.5. The van der Waals surface area contributed by atoms with Gasteiger partial charge in [0, 0.05) is 45.1 Å². The lowest BCUT2D eigenvalue weighted by Gasteiger charge is -2.56. The van der Waals surface area contributed by atoms with Gasteiger partial charge in [-0.2, -0.15) is 0 Å². The summed E-state index contributed by atoms with van der Waals surface area (Å²) >= 11 is 0. The highest BCUT2D eigenvalue weighted by Crippen LogP contribution is 2.55. The number of fused-ring (bicyclic) bond motifs is 3. The predicted molar refractivity (Wildman–Crippen MR) is 122 cm³/mol. The van der Waals surface area contributed by atoms with Gasteiger partial charge >= 0.3 is 7.12 Å². The maximum Gasteiger partial charge on any atom is 0.469 e. The first-order chi connectivity index (χ1) is 14.8. The van der Waals surface area contributed by atoms with Gasteiger partial charge in [0.2, 0.25) is 0 Å². The molecule has 2 atom stereocenters. The van der Waals surface area contributed by atoms with E-state index in [1.165, 1.54) is 5.56 Å². The standard InChI is InChI=1S/C22H37BN4O4/c1-30-18-14-21(31-2)9-11-22(18,12-10-21)17-7-5-16(6-8-17)15-27-19(23(28)29)4-3-13-26-20(24)25/h5-8,18-19,27-29H,3-4,9-15H2,1-2H3,(H4,24,25,26)/t18?,19-,21?,22?/m0/s1. The van der Waals surface area contributed by atoms with Gasteiger partial charge in [-0.3, -0.25) is 4.99 Å². The van der Waals surface area contributed by atoms with Gasteiger partial charge in [-0.05, 0) is 49.7 Å². The minimum absolute atomic E-state index is 0.0202. The van der Waals surface area contributed by atoms with Crippen LogP contribution in [0.2, 0.25) is 0 Å². The summed E-state index contributed by atoms with van der Waals surface area (Å²) in [6.07, 6.45) is 6.63. The molecule has 1 aromatic carbocycles. The number of hydrogen-bond donors (Lipinski definition) is 5. The molecule has 2 bridgehead atoms. The Labute approximate surface area is 185 Å². The molecule has 7 N–H and O–H groups in total. The largest absolute Gasteiger partial charge is 0.469 e. The number of nitrogens with one attached hydrogen (secondary N) is 1. The number of ether oxygens (including phenoxy) is 2. The number of benzene rings is 1. The molecule has 0 aromatic heterocycles. The van der Waals surface area contributed by atoms with Crippen molar-refractivity contribution in [3.63, 3.8) is 0 Å². The molecule has 0 radical (unpaired) electrons. The lowest BCUT2D eigenvalue weighted by Crippen LogP contribution is -2.58. The first-order valence-corrected chi connectivity index (χ1v) is 11.2. The van der Waals surface area contributed by atoms with E-state index in [9.17, 15) is 10.0 Å². The summed E-state index contributed by atoms with van der Waals surface area (Å²) < 4.78 is 11.8. The van der Waals surface area contributed by atoms with E-state index in [0.29, 0.717) is 25.9 Å². The van der Waals surface area contributed by atoms with E-state index in [1.54, 1.807) is 0 Å². The summed E-state index contributed by atoms with van der Waals surface area (Å²) in [5, 5.41) is 22.6. The van der Waals surface area contributed by atoms with E-state index in [2.05, 4.69) is 34.6 Å². The van der Waals surface area contributed by atoms with E-state index >= 15 is 0 Å². The minimum atomic E-state index is -1.44. The van der Waals surface area contributed by atoms with E-state index in [4.69, 9.17) is 20.9 Å². The maximum absolute atomic E-state index is 9.66. The fourth-order valence-corrected chi connectivity index (χ4v) is 5.36. The quantitative estimate of drug-likeness (QED) is 0.151. The molecule has 31 heavy (non-hydrogen) atoms. The lowest BCUT2D eigenvalue weighted by atomic mass is 9.54. The van der Waals surface area contributed by atoms with Crippen molar-refractivity contribution in [2.24, 2.45) is 16.5 Å². The van der Waals surface area contributed by atoms with Gasteiger partial charge < -0.3 is 36.3 Å². The van der Waals surface area contributed by atoms with Crippen LogP contribution in [-0.2, 0) is 21.4 Å². The SMILES string of the molecule is COC1CC2(OC)CCC1(c1ccc(CN[C@@H](CCCN=C(N)N)B(O)O)cc1)CC2. The van der Waals surface area contributed by atoms with Gasteiger partial charge in [-0.25, -0.2) is 0 Å². The lowest BCUT2D eigenvalue weighted by molar-refractivity contribution is -0.157. The average Bonchev–Trinajstić information content (AvgIpc) is 2.79. The molecule has 4 rings (SSSR count). The van der Waals surface area contributed by atoms with Crippen molar-refractivity contribution >= 4 is 13.1 Å². The van der Waals surface area contributed by atoms with E-state index < -0.39 is 13.1 Å². The second-order valence-electron chi connectivity index (χ2n) is 9.02. The predicted octanol–water partition coefficient (Wildman–Crippen LogP) is 0.826. The van der Waals surface area contributed by atoms with Gasteiger partial charge in [-0.15, -0.1) is 0 Å². The molecule has 0 saturated heterocycles. The van der Waals surface area contributed by atoms with E-state index in [0.717, 1.165) is 37.7 Å². The Morgan fingerprint density at radius 2 is 1.87 bits per heavy atom. The van der Waals surface area contributed by atoms with E-state index in [1.807, 2.05) is 14.2 Å². The summed E-state index contributed by atoms with van der Waals surface area (Å²) in [6.45, 7) is 1.02. The molecule has 3 saturated carbocycles. The van der Waals surface area contributed by atoms with Crippen molar-refractivity contribution in [1.29, 1.82) is 0 Å². The normalized spacial score (nSPS) is 28.3. The molecule has 0 amide bonds. The van der Waals surface area contributed by atoms with Crippen LogP contribution in [0.25, 0.3) is 0 Å². The maximum atomic E-state index is 9.66. The van der Waals surface area contributed by atoms with Crippen molar-refractivity contribution in [3.05, 3.63) is 35.4 Å². The van der Waals surface area contributed by atoms with Gasteiger partial charge in [0.15, 0.2) is 5.96 Å². The zero-order chi connectivity index (χ0) is 22.5. The molecule has 3 fully saturated rings. The van der Waals surface area contributed by atoms with Crippen LogP contribution in [0.5, 0.6) is 0 Å². The molecule has 1 unspecified atom stereocenters. The molecule has 3 aliphatic carbocycles. The van der Waals surface area contributed by atoms with Gasteiger partial charge in [0.25, 0.3) is 0 Å². The second-order valence-corrected chi connectivity index (χ2v) is 9.02. The number of rotatable bonds is 11. The van der Waals surface area contributed by atoms with Crippen molar-refractivity contribution in [1.82, 2.24) is 5.32 Å². The average molecular weight is 432 g/mol. The van der Waals surface area contributed by atoms with Crippen LogP contribution in [0.1, 0.15) is 56.1 Å². The fourth-order valence-electron chi connectivity index (χ4n) is 5.36. The van der Waals surface area contributed by atoms with Crippen molar-refractivity contribution in [2.75, 3.05) is 20.8 Å². The Kier molecular flexibility index (Phi) is 7.99. The van der Waals surface area contributed by atoms with Gasteiger partial charge in [0.1, 0.15) is 0 Å². The number of nitrogens with zero attached hydrogens (tertiary/aromatic N) is 1. The van der Waals surface area contributed by atoms with Crippen LogP contribution >= 0.6 is 0 Å². The molecular weight excluding hydrogens is 395 g/mol. The fraction of sp³-hybridized carbons (Fsp3) is 0.682. The number of hydrogen-bond acceptors (Lipinski definition) is 6. The van der Waals surface area contributed by atoms with Crippen LogP contribution in [0, 0.1) is 0 Å². The number of guanidine groups is 1. The Hall–Kier alpha value is -1.65. The molecule has 8 nitrogen and oxygen atoms in total. The van der Waals surface area contributed by atoms with Gasteiger partial charge in [0.05, 0.1) is 11.7 Å². The Bertz CT molecular complexity index is 732. The molecule has 1 aromatic rings. The topological polar surface area (TPSA) is 135 Å². The Morgan fingerprint density at radius 1 is 1.19 bits per heavy atom. The monoisotopic (exact) mass is 432 g/mol. The molecular formula is C22H37BN4O4. The van der Waals surface area contributed by atoms with Gasteiger partial charge in [-0.1, -0.05) is 24.3 Å². The number of nitrogens with two attached hydrogens (primary N) is 2. The second kappa shape index (κ2) is 10.3. The Morgan fingerprint density at radius 3 is 2.42 bits per heavy atom. The van der Waals surface area contributed by atoms with Crippen LogP contribution in [0.15, 0.2) is 29.3 Å². The molecule has 0 aliphatic heterocycles. The highest BCUT2D eigenvalue weighted by Gasteiger charge is 2.55. The third-order valence-corrected chi connectivity index (χ3v) is 7.37. The summed E-state index contributed by atoms with van der Waals surface area (Å²) in [4.78, 5) is 3.93. The molecule has 0 heterocycles. The summed E-state index contributed by atoms with van der Waals surface area (Å²) in [6, 6.07) is 8.65. The van der Waals surface area contributed by atoms with Crippen molar-refractivity contribution in [2.45, 2.75) is 74.6 Å². The Balaban J connectivity index is 1.60. The molecule has 3 aliphatic rings. The minimum Gasteiger partial charge on any atom is -0.426 e. The van der Waals surface area contributed by atoms with Crippen LogP contribution in [0.4, 0.5) is 0 Å². The highest BCUT2D eigenvalue weighted by molar-refractivity contribution is 6.43. The molecule has 172 valence electrons. The zero-order valence-corrected chi connectivity index (χ0v) is 18.7. The summed E-state index contributed by atoms with van der Waals surface area (Å²) in [7, 11) is 2.19. The summed E-state index contributed by atoms with van der Waals surface area (Å²) in [5.41, 5.74) is 13.1. The van der Waals surface area contributed by atoms with E-state index in [-0.39, 0.29) is 23.1 Å². The zero-order valence-electron chi connectivity index (χ0n) is 18.7.